The van der Waals surface area contributed by atoms with Crippen LogP contribution in [-0.4, -0.2) is 26.4 Å². The van der Waals surface area contributed by atoms with Gasteiger partial charge in [0.2, 0.25) is 5.91 Å². The van der Waals surface area contributed by atoms with Crippen molar-refractivity contribution in [2.24, 2.45) is 0 Å². The van der Waals surface area contributed by atoms with E-state index in [0.717, 1.165) is 27.9 Å². The molecular formula is C30H24Cl2N4OS. The van der Waals surface area contributed by atoms with Gasteiger partial charge in [0.1, 0.15) is 0 Å². The summed E-state index contributed by atoms with van der Waals surface area (Å²) < 4.78 is 1.90. The first-order valence-electron chi connectivity index (χ1n) is 12.0. The van der Waals surface area contributed by atoms with Crippen molar-refractivity contribution >= 4 is 40.9 Å². The molecule has 5 rings (SSSR count). The van der Waals surface area contributed by atoms with E-state index in [-0.39, 0.29) is 17.7 Å². The Morgan fingerprint density at radius 3 is 2.08 bits per heavy atom. The van der Waals surface area contributed by atoms with Crippen molar-refractivity contribution in [2.75, 3.05) is 5.75 Å². The summed E-state index contributed by atoms with van der Waals surface area (Å²) in [4.78, 5) is 13.2. The second-order valence-corrected chi connectivity index (χ2v) is 10.5. The van der Waals surface area contributed by atoms with Gasteiger partial charge in [-0.05, 0) is 36.2 Å². The van der Waals surface area contributed by atoms with Crippen molar-refractivity contribution in [2.45, 2.75) is 18.1 Å². The number of rotatable bonds is 8. The predicted octanol–water partition coefficient (Wildman–Crippen LogP) is 7.55. The number of benzene rings is 4. The highest BCUT2D eigenvalue weighted by Crippen LogP contribution is 2.32. The summed E-state index contributed by atoms with van der Waals surface area (Å²) >= 11 is 13.8. The molecule has 4 aromatic carbocycles. The molecule has 0 aliphatic rings. The van der Waals surface area contributed by atoms with Crippen molar-refractivity contribution in [3.8, 4) is 17.1 Å². The number of thioether (sulfide) groups is 1. The van der Waals surface area contributed by atoms with Crippen molar-refractivity contribution in [1.29, 1.82) is 0 Å². The lowest BCUT2D eigenvalue weighted by molar-refractivity contribution is -0.119. The molecule has 5 aromatic rings. The maximum atomic E-state index is 13.2. The Hall–Kier alpha value is -3.58. The van der Waals surface area contributed by atoms with Crippen LogP contribution in [0.5, 0.6) is 0 Å². The van der Waals surface area contributed by atoms with Gasteiger partial charge in [0.25, 0.3) is 0 Å². The SMILES string of the molecule is Cc1ccc(-c2nnc(SCC(=O)NC(c3ccccc3)c3ccccc3)n2-c2ccc(Cl)c(Cl)c2)cc1. The van der Waals surface area contributed by atoms with Gasteiger partial charge in [-0.25, -0.2) is 0 Å². The molecule has 0 unspecified atom stereocenters. The van der Waals surface area contributed by atoms with Gasteiger partial charge in [-0.2, -0.15) is 0 Å². The lowest BCUT2D eigenvalue weighted by atomic mass is 9.99. The van der Waals surface area contributed by atoms with E-state index in [0.29, 0.717) is 21.0 Å². The van der Waals surface area contributed by atoms with Crippen LogP contribution in [0.25, 0.3) is 17.1 Å². The molecular weight excluding hydrogens is 535 g/mol. The van der Waals surface area contributed by atoms with Gasteiger partial charge in [-0.3, -0.25) is 9.36 Å². The summed E-state index contributed by atoms with van der Waals surface area (Å²) in [6, 6.07) is 33.0. The van der Waals surface area contributed by atoms with Crippen LogP contribution in [0.4, 0.5) is 0 Å². The van der Waals surface area contributed by atoms with E-state index < -0.39 is 0 Å². The molecule has 1 heterocycles. The summed E-state index contributed by atoms with van der Waals surface area (Å²) in [5.74, 6) is 0.690. The molecule has 0 bridgehead atoms. The van der Waals surface area contributed by atoms with Gasteiger partial charge < -0.3 is 5.32 Å². The van der Waals surface area contributed by atoms with Crippen molar-refractivity contribution in [3.63, 3.8) is 0 Å². The summed E-state index contributed by atoms with van der Waals surface area (Å²) in [6.07, 6.45) is 0. The minimum atomic E-state index is -0.262. The maximum Gasteiger partial charge on any atom is 0.231 e. The molecule has 0 aliphatic carbocycles. The van der Waals surface area contributed by atoms with Crippen LogP contribution >= 0.6 is 35.0 Å². The Morgan fingerprint density at radius 1 is 0.842 bits per heavy atom. The van der Waals surface area contributed by atoms with E-state index >= 15 is 0 Å². The van der Waals surface area contributed by atoms with Crippen molar-refractivity contribution < 1.29 is 4.79 Å². The molecule has 38 heavy (non-hydrogen) atoms. The zero-order valence-electron chi connectivity index (χ0n) is 20.5. The molecule has 1 aromatic heterocycles. The van der Waals surface area contributed by atoms with E-state index in [1.807, 2.05) is 102 Å². The zero-order chi connectivity index (χ0) is 26.5. The van der Waals surface area contributed by atoms with Crippen LogP contribution in [0.2, 0.25) is 10.0 Å². The highest BCUT2D eigenvalue weighted by Gasteiger charge is 2.20. The molecule has 8 heteroatoms. The molecule has 5 nitrogen and oxygen atoms in total. The first kappa shape index (κ1) is 26.0. The van der Waals surface area contributed by atoms with Gasteiger partial charge in [0, 0.05) is 5.56 Å². The number of carbonyl (C=O) groups is 1. The van der Waals surface area contributed by atoms with E-state index in [9.17, 15) is 4.79 Å². The van der Waals surface area contributed by atoms with E-state index in [1.165, 1.54) is 11.8 Å². The van der Waals surface area contributed by atoms with Crippen LogP contribution in [-0.2, 0) is 4.79 Å². The molecule has 0 atom stereocenters. The Balaban J connectivity index is 1.42. The number of nitrogens with one attached hydrogen (secondary N) is 1. The Labute approximate surface area is 235 Å². The smallest absolute Gasteiger partial charge is 0.231 e. The van der Waals surface area contributed by atoms with E-state index in [4.69, 9.17) is 23.2 Å². The summed E-state index contributed by atoms with van der Waals surface area (Å²) in [5.41, 5.74) is 4.83. The monoisotopic (exact) mass is 558 g/mol. The standard InChI is InChI=1S/C30H24Cl2N4OS/c1-20-12-14-23(15-13-20)29-34-35-30(36(29)24-16-17-25(31)26(32)18-24)38-19-27(37)33-28(21-8-4-2-5-9-21)22-10-6-3-7-11-22/h2-18,28H,19H2,1H3,(H,33,37). The summed E-state index contributed by atoms with van der Waals surface area (Å²) in [6.45, 7) is 2.03. The van der Waals surface area contributed by atoms with Crippen LogP contribution in [0.15, 0.2) is 108 Å². The third kappa shape index (κ3) is 5.94. The highest BCUT2D eigenvalue weighted by molar-refractivity contribution is 7.99. The molecule has 0 fully saturated rings. The first-order valence-corrected chi connectivity index (χ1v) is 13.7. The van der Waals surface area contributed by atoms with Gasteiger partial charge in [-0.15, -0.1) is 10.2 Å². The fourth-order valence-electron chi connectivity index (χ4n) is 4.09. The molecule has 0 saturated carbocycles. The first-order chi connectivity index (χ1) is 18.5. The number of aryl methyl sites for hydroxylation is 1. The lowest BCUT2D eigenvalue weighted by Crippen LogP contribution is -2.30. The Bertz CT molecular complexity index is 1500. The Kier molecular flexibility index (Phi) is 8.13. The molecule has 0 saturated heterocycles. The predicted molar refractivity (Wildman–Crippen MR) is 155 cm³/mol. The number of amides is 1. The maximum absolute atomic E-state index is 13.2. The van der Waals surface area contributed by atoms with Crippen molar-refractivity contribution in [1.82, 2.24) is 20.1 Å². The van der Waals surface area contributed by atoms with Gasteiger partial charge >= 0.3 is 0 Å². The van der Waals surface area contributed by atoms with Crippen LogP contribution < -0.4 is 5.32 Å². The molecule has 1 amide bonds. The van der Waals surface area contributed by atoms with Gasteiger partial charge in [-0.1, -0.05) is 125 Å². The fraction of sp³-hybridized carbons (Fsp3) is 0.100. The molecule has 1 N–H and O–H groups in total. The van der Waals surface area contributed by atoms with Crippen LogP contribution in [0, 0.1) is 6.92 Å². The number of halogens is 2. The number of hydrogen-bond donors (Lipinski definition) is 1. The summed E-state index contributed by atoms with van der Waals surface area (Å²) in [7, 11) is 0. The average Bonchev–Trinajstić information content (AvgIpc) is 3.37. The van der Waals surface area contributed by atoms with E-state index in [2.05, 4.69) is 15.5 Å². The third-order valence-corrected chi connectivity index (χ3v) is 7.68. The van der Waals surface area contributed by atoms with Crippen LogP contribution in [0.1, 0.15) is 22.7 Å². The second kappa shape index (κ2) is 11.9. The van der Waals surface area contributed by atoms with Crippen LogP contribution in [0.3, 0.4) is 0 Å². The summed E-state index contributed by atoms with van der Waals surface area (Å²) in [5, 5.41) is 13.5. The molecule has 0 radical (unpaired) electrons. The second-order valence-electron chi connectivity index (χ2n) is 8.72. The zero-order valence-corrected chi connectivity index (χ0v) is 22.8. The third-order valence-electron chi connectivity index (χ3n) is 6.01. The fourth-order valence-corrected chi connectivity index (χ4v) is 5.15. The van der Waals surface area contributed by atoms with Crippen molar-refractivity contribution in [3.05, 3.63) is 130 Å². The highest BCUT2D eigenvalue weighted by atomic mass is 35.5. The Morgan fingerprint density at radius 2 is 1.47 bits per heavy atom. The molecule has 0 spiro atoms. The van der Waals surface area contributed by atoms with Gasteiger partial charge in [0.05, 0.1) is 27.5 Å². The lowest BCUT2D eigenvalue weighted by Gasteiger charge is -2.20. The molecule has 0 aliphatic heterocycles. The molecule has 190 valence electrons. The topological polar surface area (TPSA) is 59.8 Å². The number of nitrogens with zero attached hydrogens (tertiary/aromatic N) is 3. The van der Waals surface area contributed by atoms with E-state index in [1.54, 1.807) is 12.1 Å². The number of aromatic nitrogens is 3. The number of carbonyl (C=O) groups excluding carboxylic acids is 1. The van der Waals surface area contributed by atoms with Gasteiger partial charge in [0.15, 0.2) is 11.0 Å². The number of hydrogen-bond acceptors (Lipinski definition) is 4. The largest absolute Gasteiger partial charge is 0.344 e. The minimum absolute atomic E-state index is 0.117. The minimum Gasteiger partial charge on any atom is -0.344 e. The average molecular weight is 560 g/mol. The normalized spacial score (nSPS) is 11.1. The quantitative estimate of drug-likeness (QED) is 0.200.